The zero-order chi connectivity index (χ0) is 66.3. The van der Waals surface area contributed by atoms with Gasteiger partial charge in [0.05, 0.1) is 25.4 Å². The van der Waals surface area contributed by atoms with E-state index in [0.717, 1.165) is 38.5 Å². The predicted octanol–water partition coefficient (Wildman–Crippen LogP) is 28.6. The molecular weight excluding hydrogens is 1130 g/mol. The van der Waals surface area contributed by atoms with Crippen LogP contribution in [-0.2, 0) is 14.3 Å². The van der Waals surface area contributed by atoms with Gasteiger partial charge in [-0.15, -0.1) is 0 Å². The summed E-state index contributed by atoms with van der Waals surface area (Å²) in [5.74, 6) is 0.00118. The number of hydrogen-bond donors (Lipinski definition) is 3. The molecule has 0 rings (SSSR count). The highest BCUT2D eigenvalue weighted by molar-refractivity contribution is 5.76. The van der Waals surface area contributed by atoms with Crippen LogP contribution < -0.4 is 5.32 Å². The second-order valence-corrected chi connectivity index (χ2v) is 29.9. The largest absolute Gasteiger partial charge is 0.466 e. The maximum Gasteiger partial charge on any atom is 0.305 e. The first-order chi connectivity index (χ1) is 45.5. The Labute approximate surface area is 578 Å². The molecule has 0 fully saturated rings. The molecule has 92 heavy (non-hydrogen) atoms. The number of esters is 1. The monoisotopic (exact) mass is 1300 g/mol. The minimum absolute atomic E-state index is 0.0238. The van der Waals surface area contributed by atoms with E-state index < -0.39 is 12.1 Å². The topological polar surface area (TPSA) is 95.9 Å². The molecule has 0 radical (unpaired) electrons. The van der Waals surface area contributed by atoms with Crippen molar-refractivity contribution in [2.45, 2.75) is 514 Å². The number of rotatable bonds is 82. The average molecular weight is 1300 g/mol. The molecule has 0 saturated carbocycles. The highest BCUT2D eigenvalue weighted by Crippen LogP contribution is 2.21. The third-order valence-corrected chi connectivity index (χ3v) is 20.6. The van der Waals surface area contributed by atoms with Gasteiger partial charge in [-0.3, -0.25) is 9.59 Å². The van der Waals surface area contributed by atoms with Crippen LogP contribution in [0.4, 0.5) is 0 Å². The Morgan fingerprint density at radius 3 is 0.772 bits per heavy atom. The van der Waals surface area contributed by atoms with Crippen LogP contribution in [0, 0.1) is 0 Å². The van der Waals surface area contributed by atoms with Gasteiger partial charge >= 0.3 is 5.97 Å². The van der Waals surface area contributed by atoms with Gasteiger partial charge in [0.1, 0.15) is 0 Å². The Kier molecular flexibility index (Phi) is 80.8. The number of carbonyl (C=O) groups is 2. The highest BCUT2D eigenvalue weighted by atomic mass is 16.5. The number of aliphatic hydroxyl groups is 2. The minimum atomic E-state index is -0.660. The van der Waals surface area contributed by atoms with Crippen LogP contribution in [0.25, 0.3) is 0 Å². The molecule has 0 aromatic carbocycles. The van der Waals surface area contributed by atoms with E-state index in [-0.39, 0.29) is 18.5 Å². The Morgan fingerprint density at radius 1 is 0.293 bits per heavy atom. The standard InChI is InChI=1S/C86H169NO5/c1-3-5-7-9-11-13-15-17-19-21-43-48-52-56-60-64-68-72-76-80-86(91)92-81-77-73-69-65-61-57-53-49-45-42-40-38-36-34-32-30-28-26-24-22-23-25-27-29-31-33-35-37-39-41-44-47-51-55-59-63-67-71-75-79-85(90)87-83(82-88)84(89)78-74-70-66-62-58-54-50-46-20-18-16-14-12-10-8-6-4-2/h17,19,83-84,88-89H,3-16,18,20-82H2,1-2H3,(H,87,90)/b19-17-. The third kappa shape index (κ3) is 77.6. The molecule has 0 heterocycles. The van der Waals surface area contributed by atoms with Crippen molar-refractivity contribution in [1.29, 1.82) is 0 Å². The number of unbranched alkanes of at least 4 members (excludes halogenated alkanes) is 69. The summed E-state index contributed by atoms with van der Waals surface area (Å²) in [6, 6.07) is -0.536. The average Bonchev–Trinajstić information content (AvgIpc) is 3.60. The van der Waals surface area contributed by atoms with E-state index in [0.29, 0.717) is 25.9 Å². The first kappa shape index (κ1) is 90.6. The molecule has 0 aromatic rings. The molecular formula is C86H169NO5. The fourth-order valence-corrected chi connectivity index (χ4v) is 14.1. The Bertz CT molecular complexity index is 1400. The lowest BCUT2D eigenvalue weighted by Gasteiger charge is -2.22. The van der Waals surface area contributed by atoms with Crippen molar-refractivity contribution in [2.75, 3.05) is 13.2 Å². The van der Waals surface area contributed by atoms with Crippen molar-refractivity contribution in [3.63, 3.8) is 0 Å². The molecule has 0 saturated heterocycles. The van der Waals surface area contributed by atoms with Gasteiger partial charge in [0.2, 0.25) is 5.91 Å². The van der Waals surface area contributed by atoms with E-state index in [1.165, 1.54) is 430 Å². The summed E-state index contributed by atoms with van der Waals surface area (Å²) in [4.78, 5) is 24.7. The van der Waals surface area contributed by atoms with E-state index >= 15 is 0 Å². The Balaban J connectivity index is 3.28. The van der Waals surface area contributed by atoms with Crippen LogP contribution in [-0.4, -0.2) is 47.4 Å². The molecule has 0 spiro atoms. The number of carbonyl (C=O) groups excluding carboxylic acids is 2. The highest BCUT2D eigenvalue weighted by Gasteiger charge is 2.20. The summed E-state index contributed by atoms with van der Waals surface area (Å²) in [6.07, 6.45) is 105. The maximum atomic E-state index is 12.5. The summed E-state index contributed by atoms with van der Waals surface area (Å²) in [7, 11) is 0. The second-order valence-electron chi connectivity index (χ2n) is 29.9. The summed E-state index contributed by atoms with van der Waals surface area (Å²) < 4.78 is 5.52. The molecule has 0 bridgehead atoms. The maximum absolute atomic E-state index is 12.5. The van der Waals surface area contributed by atoms with Crippen LogP contribution >= 0.6 is 0 Å². The molecule has 3 N–H and O–H groups in total. The number of allylic oxidation sites excluding steroid dienone is 2. The molecule has 0 aliphatic rings. The summed E-state index contributed by atoms with van der Waals surface area (Å²) in [6.45, 7) is 5.01. The van der Waals surface area contributed by atoms with E-state index in [1.54, 1.807) is 0 Å². The van der Waals surface area contributed by atoms with E-state index in [4.69, 9.17) is 4.74 Å². The summed E-state index contributed by atoms with van der Waals surface area (Å²) >= 11 is 0. The lowest BCUT2D eigenvalue weighted by atomic mass is 10.0. The molecule has 0 aliphatic carbocycles. The normalized spacial score (nSPS) is 12.4. The minimum Gasteiger partial charge on any atom is -0.466 e. The van der Waals surface area contributed by atoms with Crippen LogP contribution in [0.5, 0.6) is 0 Å². The molecule has 548 valence electrons. The van der Waals surface area contributed by atoms with Crippen molar-refractivity contribution < 1.29 is 24.5 Å². The molecule has 2 unspecified atom stereocenters. The number of aliphatic hydroxyl groups excluding tert-OH is 2. The van der Waals surface area contributed by atoms with Gasteiger partial charge in [0.25, 0.3) is 0 Å². The molecule has 2 atom stereocenters. The van der Waals surface area contributed by atoms with E-state index in [1.807, 2.05) is 0 Å². The van der Waals surface area contributed by atoms with Gasteiger partial charge in [0, 0.05) is 12.8 Å². The van der Waals surface area contributed by atoms with Gasteiger partial charge in [-0.1, -0.05) is 450 Å². The molecule has 6 nitrogen and oxygen atoms in total. The third-order valence-electron chi connectivity index (χ3n) is 20.6. The van der Waals surface area contributed by atoms with E-state index in [9.17, 15) is 19.8 Å². The number of nitrogens with one attached hydrogen (secondary N) is 1. The number of amides is 1. The Morgan fingerprint density at radius 2 is 0.511 bits per heavy atom. The fourth-order valence-electron chi connectivity index (χ4n) is 14.1. The van der Waals surface area contributed by atoms with Gasteiger partial charge in [-0.2, -0.15) is 0 Å². The summed E-state index contributed by atoms with van der Waals surface area (Å²) in [5, 5.41) is 23.4. The molecule has 6 heteroatoms. The second kappa shape index (κ2) is 82.0. The summed E-state index contributed by atoms with van der Waals surface area (Å²) in [5.41, 5.74) is 0. The van der Waals surface area contributed by atoms with Crippen LogP contribution in [0.15, 0.2) is 12.2 Å². The van der Waals surface area contributed by atoms with Crippen LogP contribution in [0.2, 0.25) is 0 Å². The van der Waals surface area contributed by atoms with Gasteiger partial charge < -0.3 is 20.3 Å². The van der Waals surface area contributed by atoms with Crippen molar-refractivity contribution in [2.24, 2.45) is 0 Å². The predicted molar refractivity (Wildman–Crippen MR) is 407 cm³/mol. The SMILES string of the molecule is CCCCCCCC/C=C\CCCCCCCCCCCC(=O)OCCCCCCCCCCCCCCCCCCCCCCCCCCCCCCCCCCCCCCCCCC(=O)NC(CO)C(O)CCCCCCCCCCCCCCCCCCC. The van der Waals surface area contributed by atoms with Crippen molar-refractivity contribution in [1.82, 2.24) is 5.32 Å². The van der Waals surface area contributed by atoms with Gasteiger partial charge in [-0.05, 0) is 51.4 Å². The molecule has 0 aliphatic heterocycles. The van der Waals surface area contributed by atoms with Gasteiger partial charge in [-0.25, -0.2) is 0 Å². The lowest BCUT2D eigenvalue weighted by molar-refractivity contribution is -0.143. The van der Waals surface area contributed by atoms with E-state index in [2.05, 4.69) is 31.3 Å². The van der Waals surface area contributed by atoms with Crippen molar-refractivity contribution in [3.8, 4) is 0 Å². The number of ether oxygens (including phenoxy) is 1. The Hall–Kier alpha value is -1.40. The first-order valence-corrected chi connectivity index (χ1v) is 42.9. The fraction of sp³-hybridized carbons (Fsp3) is 0.953. The van der Waals surface area contributed by atoms with Crippen molar-refractivity contribution >= 4 is 11.9 Å². The van der Waals surface area contributed by atoms with Crippen LogP contribution in [0.1, 0.15) is 502 Å². The lowest BCUT2D eigenvalue weighted by Crippen LogP contribution is -2.45. The van der Waals surface area contributed by atoms with Crippen LogP contribution in [0.3, 0.4) is 0 Å². The quantitative estimate of drug-likeness (QED) is 0.0320. The van der Waals surface area contributed by atoms with Gasteiger partial charge in [0.15, 0.2) is 0 Å². The first-order valence-electron chi connectivity index (χ1n) is 42.9. The molecule has 1 amide bonds. The smallest absolute Gasteiger partial charge is 0.305 e. The molecule has 0 aromatic heterocycles. The van der Waals surface area contributed by atoms with Crippen molar-refractivity contribution in [3.05, 3.63) is 12.2 Å². The zero-order valence-corrected chi connectivity index (χ0v) is 63.1. The number of hydrogen-bond acceptors (Lipinski definition) is 5. The zero-order valence-electron chi connectivity index (χ0n) is 63.1.